The number of rotatable bonds is 8. The van der Waals surface area contributed by atoms with Gasteiger partial charge in [-0.3, -0.25) is 4.79 Å². The van der Waals surface area contributed by atoms with E-state index in [0.29, 0.717) is 11.4 Å². The molecular weight excluding hydrogens is 432 g/mol. The first-order valence-electron chi connectivity index (χ1n) is 11.0. The number of carbonyl (C=O) groups is 1. The van der Waals surface area contributed by atoms with Crippen LogP contribution in [-0.4, -0.2) is 65.5 Å². The number of thioether (sulfide) groups is 1. The van der Waals surface area contributed by atoms with E-state index in [1.165, 1.54) is 30.2 Å². The molecule has 1 aromatic heterocycles. The van der Waals surface area contributed by atoms with Gasteiger partial charge in [0, 0.05) is 33.7 Å². The average Bonchev–Trinajstić information content (AvgIpc) is 3.08. The number of unbranched alkanes of at least 4 members (excludes halogenated alkanes) is 1. The predicted octanol–water partition coefficient (Wildman–Crippen LogP) is 3.83. The Bertz CT molecular complexity index is 1020. The van der Waals surface area contributed by atoms with Crippen LogP contribution in [0.5, 0.6) is 0 Å². The summed E-state index contributed by atoms with van der Waals surface area (Å²) in [4.78, 5) is 19.9. The molecule has 7 nitrogen and oxygen atoms in total. The minimum atomic E-state index is -3.53. The van der Waals surface area contributed by atoms with Crippen LogP contribution >= 0.6 is 11.8 Å². The lowest BCUT2D eigenvalue weighted by atomic mass is 9.99. The molecule has 9 heteroatoms. The summed E-state index contributed by atoms with van der Waals surface area (Å²) >= 11 is 1.47. The molecule has 1 aromatic carbocycles. The molecule has 0 radical (unpaired) electrons. The maximum Gasteiger partial charge on any atom is 0.242 e. The van der Waals surface area contributed by atoms with Crippen LogP contribution in [0.25, 0.3) is 11.0 Å². The first-order chi connectivity index (χ1) is 14.6. The first-order valence-corrected chi connectivity index (χ1v) is 13.3. The summed E-state index contributed by atoms with van der Waals surface area (Å²) in [5.41, 5.74) is 1.55. The molecule has 1 unspecified atom stereocenters. The lowest BCUT2D eigenvalue weighted by Gasteiger charge is -2.32. The maximum absolute atomic E-state index is 13.0. The number of likely N-dealkylation sites (tertiary alicyclic amines) is 1. The second-order valence-corrected chi connectivity index (χ2v) is 12.1. The SMILES string of the molecule is CCCCn1c(SC(C)C(=O)N2CCC(C)CC2)nc2cc(S(=O)(=O)N(C)C)ccc21. The fourth-order valence-corrected chi connectivity index (χ4v) is 5.73. The highest BCUT2D eigenvalue weighted by atomic mass is 32.2. The molecule has 1 aliphatic heterocycles. The number of carbonyl (C=O) groups excluding carboxylic acids is 1. The number of nitrogens with zero attached hydrogens (tertiary/aromatic N) is 4. The Morgan fingerprint density at radius 2 is 1.97 bits per heavy atom. The van der Waals surface area contributed by atoms with E-state index in [-0.39, 0.29) is 16.1 Å². The Kier molecular flexibility index (Phi) is 7.70. The minimum Gasteiger partial charge on any atom is -0.342 e. The van der Waals surface area contributed by atoms with Crippen LogP contribution in [0.2, 0.25) is 0 Å². The number of hydrogen-bond acceptors (Lipinski definition) is 5. The normalized spacial score (nSPS) is 16.9. The Labute approximate surface area is 190 Å². The maximum atomic E-state index is 13.0. The van der Waals surface area contributed by atoms with Crippen molar-refractivity contribution in [2.45, 2.75) is 68.3 Å². The largest absolute Gasteiger partial charge is 0.342 e. The number of hydrogen-bond donors (Lipinski definition) is 0. The van der Waals surface area contributed by atoms with Gasteiger partial charge >= 0.3 is 0 Å². The van der Waals surface area contributed by atoms with E-state index in [0.717, 1.165) is 56.0 Å². The summed E-state index contributed by atoms with van der Waals surface area (Å²) < 4.78 is 28.4. The van der Waals surface area contributed by atoms with Crippen molar-refractivity contribution in [3.63, 3.8) is 0 Å². The molecule has 1 aliphatic rings. The van der Waals surface area contributed by atoms with E-state index in [1.807, 2.05) is 17.9 Å². The number of aryl methyl sites for hydroxylation is 1. The molecule has 172 valence electrons. The smallest absolute Gasteiger partial charge is 0.242 e. The number of fused-ring (bicyclic) bond motifs is 1. The Morgan fingerprint density at radius 3 is 2.58 bits per heavy atom. The van der Waals surface area contributed by atoms with Crippen molar-refractivity contribution in [1.29, 1.82) is 0 Å². The van der Waals surface area contributed by atoms with Crippen molar-refractivity contribution >= 4 is 38.7 Å². The summed E-state index contributed by atoms with van der Waals surface area (Å²) in [6, 6.07) is 5.10. The highest BCUT2D eigenvalue weighted by Crippen LogP contribution is 2.31. The monoisotopic (exact) mass is 466 g/mol. The second-order valence-electron chi connectivity index (χ2n) is 8.61. The van der Waals surface area contributed by atoms with Crippen LogP contribution in [0.15, 0.2) is 28.3 Å². The van der Waals surface area contributed by atoms with Gasteiger partial charge in [0.05, 0.1) is 21.2 Å². The summed E-state index contributed by atoms with van der Waals surface area (Å²) in [5.74, 6) is 0.833. The molecule has 31 heavy (non-hydrogen) atoms. The zero-order valence-electron chi connectivity index (χ0n) is 19.2. The Balaban J connectivity index is 1.89. The highest BCUT2D eigenvalue weighted by Gasteiger charge is 2.27. The lowest BCUT2D eigenvalue weighted by Crippen LogP contribution is -2.41. The molecule has 0 saturated carbocycles. The summed E-state index contributed by atoms with van der Waals surface area (Å²) in [5, 5.41) is 0.532. The van der Waals surface area contributed by atoms with Crippen LogP contribution < -0.4 is 0 Å². The van der Waals surface area contributed by atoms with E-state index in [9.17, 15) is 13.2 Å². The third-order valence-corrected chi connectivity index (χ3v) is 8.81. The van der Waals surface area contributed by atoms with E-state index >= 15 is 0 Å². The van der Waals surface area contributed by atoms with E-state index in [4.69, 9.17) is 4.98 Å². The predicted molar refractivity (Wildman–Crippen MR) is 126 cm³/mol. The van der Waals surface area contributed by atoms with Gasteiger partial charge in [-0.2, -0.15) is 0 Å². The molecule has 0 N–H and O–H groups in total. The van der Waals surface area contributed by atoms with Crippen LogP contribution in [-0.2, 0) is 21.4 Å². The van der Waals surface area contributed by atoms with Gasteiger partial charge in [-0.05, 0) is 50.3 Å². The number of imidazole rings is 1. The van der Waals surface area contributed by atoms with Crippen LogP contribution in [0, 0.1) is 5.92 Å². The van der Waals surface area contributed by atoms with Gasteiger partial charge in [0.1, 0.15) is 0 Å². The zero-order valence-corrected chi connectivity index (χ0v) is 20.8. The van der Waals surface area contributed by atoms with Crippen molar-refractivity contribution in [3.05, 3.63) is 18.2 Å². The molecule has 0 bridgehead atoms. The van der Waals surface area contributed by atoms with Crippen LogP contribution in [0.3, 0.4) is 0 Å². The average molecular weight is 467 g/mol. The molecule has 1 amide bonds. The van der Waals surface area contributed by atoms with Gasteiger partial charge in [-0.25, -0.2) is 17.7 Å². The van der Waals surface area contributed by atoms with Gasteiger partial charge in [0.2, 0.25) is 15.9 Å². The van der Waals surface area contributed by atoms with Crippen molar-refractivity contribution in [1.82, 2.24) is 18.8 Å². The van der Waals surface area contributed by atoms with Crippen molar-refractivity contribution < 1.29 is 13.2 Å². The summed E-state index contributed by atoms with van der Waals surface area (Å²) in [6.07, 6.45) is 4.14. The van der Waals surface area contributed by atoms with Gasteiger partial charge in [0.15, 0.2) is 5.16 Å². The third-order valence-electron chi connectivity index (χ3n) is 5.92. The second kappa shape index (κ2) is 9.92. The van der Waals surface area contributed by atoms with Gasteiger partial charge in [-0.15, -0.1) is 0 Å². The fourth-order valence-electron chi connectivity index (χ4n) is 3.78. The number of aromatic nitrogens is 2. The van der Waals surface area contributed by atoms with Gasteiger partial charge in [0.25, 0.3) is 0 Å². The number of sulfonamides is 1. The molecule has 1 fully saturated rings. The first kappa shape index (κ1) is 24.1. The van der Waals surface area contributed by atoms with Crippen molar-refractivity contribution in [2.24, 2.45) is 5.92 Å². The molecule has 3 rings (SSSR count). The fraction of sp³-hybridized carbons (Fsp3) is 0.636. The standard InChI is InChI=1S/C22H34N4O3S2/c1-6-7-12-26-20-9-8-18(31(28,29)24(4)5)15-19(20)23-22(26)30-17(3)21(27)25-13-10-16(2)11-14-25/h8-9,15-17H,6-7,10-14H2,1-5H3. The van der Waals surface area contributed by atoms with E-state index in [2.05, 4.69) is 18.4 Å². The molecule has 2 aromatic rings. The topological polar surface area (TPSA) is 75.5 Å². The molecule has 2 heterocycles. The third kappa shape index (κ3) is 5.26. The van der Waals surface area contributed by atoms with E-state index in [1.54, 1.807) is 12.1 Å². The number of piperidine rings is 1. The lowest BCUT2D eigenvalue weighted by molar-refractivity contribution is -0.131. The quantitative estimate of drug-likeness (QED) is 0.553. The Morgan fingerprint density at radius 1 is 1.29 bits per heavy atom. The van der Waals surface area contributed by atoms with Gasteiger partial charge in [-0.1, -0.05) is 32.0 Å². The van der Waals surface area contributed by atoms with Crippen LogP contribution in [0.1, 0.15) is 46.5 Å². The molecule has 1 saturated heterocycles. The van der Waals surface area contributed by atoms with Gasteiger partial charge < -0.3 is 9.47 Å². The molecular formula is C22H34N4O3S2. The van der Waals surface area contributed by atoms with Crippen molar-refractivity contribution in [2.75, 3.05) is 27.2 Å². The number of amides is 1. The number of benzene rings is 1. The molecule has 1 atom stereocenters. The summed E-state index contributed by atoms with van der Waals surface area (Å²) in [7, 11) is -0.482. The zero-order chi connectivity index (χ0) is 22.8. The summed E-state index contributed by atoms with van der Waals surface area (Å²) in [6.45, 7) is 8.75. The van der Waals surface area contributed by atoms with E-state index < -0.39 is 10.0 Å². The Hall–Kier alpha value is -1.58. The molecule has 0 aliphatic carbocycles. The van der Waals surface area contributed by atoms with Crippen LogP contribution in [0.4, 0.5) is 0 Å². The minimum absolute atomic E-state index is 0.155. The highest BCUT2D eigenvalue weighted by molar-refractivity contribution is 8.00. The molecule has 0 spiro atoms. The van der Waals surface area contributed by atoms with Crippen molar-refractivity contribution in [3.8, 4) is 0 Å².